The number of benzene rings is 2. The van der Waals surface area contributed by atoms with Gasteiger partial charge in [-0.2, -0.15) is 0 Å². The second-order valence-corrected chi connectivity index (χ2v) is 6.30. The van der Waals surface area contributed by atoms with Crippen LogP contribution >= 0.6 is 11.8 Å². The van der Waals surface area contributed by atoms with Crippen molar-refractivity contribution >= 4 is 34.5 Å². The zero-order valence-corrected chi connectivity index (χ0v) is 14.4. The summed E-state index contributed by atoms with van der Waals surface area (Å²) in [5.41, 5.74) is 0.994. The zero-order chi connectivity index (χ0) is 18.7. The number of ether oxygens (including phenoxy) is 1. The molecule has 1 N–H and O–H groups in total. The molecule has 0 aromatic heterocycles. The maximum Gasteiger partial charge on any atom is 0.344 e. The van der Waals surface area contributed by atoms with Crippen molar-refractivity contribution in [2.45, 2.75) is 0 Å². The molecule has 0 aliphatic carbocycles. The number of methoxy groups -OCH3 is 1. The smallest absolute Gasteiger partial charge is 0.344 e. The molecule has 0 spiro atoms. The Morgan fingerprint density at radius 1 is 1.08 bits per heavy atom. The molecule has 132 valence electrons. The van der Waals surface area contributed by atoms with Crippen LogP contribution in [-0.4, -0.2) is 23.2 Å². The number of halogens is 2. The van der Waals surface area contributed by atoms with E-state index in [-0.39, 0.29) is 22.2 Å². The molecule has 0 fully saturated rings. The van der Waals surface area contributed by atoms with Crippen LogP contribution in [-0.2, 0) is 9.53 Å². The molecule has 1 aliphatic rings. The summed E-state index contributed by atoms with van der Waals surface area (Å²) in [5, 5.41) is 10.7. The number of carbonyl (C=O) groups excluding carboxylic acids is 1. The molecule has 0 unspecified atom stereocenters. The molecule has 0 atom stereocenters. The normalized spacial score (nSPS) is 17.2. The van der Waals surface area contributed by atoms with Gasteiger partial charge in [0.25, 0.3) is 0 Å². The molecule has 2 aromatic carbocycles. The standard InChI is InChI=1S/C19H13F2NO3S/c1-25-19(24)16-17(23)15(10-11-2-4-12(20)5-3-11)26-18(16)22-14-8-6-13(21)7-9-14/h2-10,23H,1H3/b15-10-,22-18?. The van der Waals surface area contributed by atoms with Crippen molar-refractivity contribution in [1.82, 2.24) is 0 Å². The minimum atomic E-state index is -0.738. The summed E-state index contributed by atoms with van der Waals surface area (Å²) in [5.74, 6) is -1.79. The summed E-state index contributed by atoms with van der Waals surface area (Å²) < 4.78 is 30.8. The molecule has 7 heteroatoms. The third-order valence-corrected chi connectivity index (χ3v) is 4.53. The van der Waals surface area contributed by atoms with Crippen LogP contribution in [0.1, 0.15) is 5.56 Å². The van der Waals surface area contributed by atoms with E-state index in [0.29, 0.717) is 16.2 Å². The second kappa shape index (κ2) is 7.53. The molecule has 1 aliphatic heterocycles. The van der Waals surface area contributed by atoms with Crippen molar-refractivity contribution in [2.75, 3.05) is 7.11 Å². The van der Waals surface area contributed by atoms with Crippen LogP contribution in [0.3, 0.4) is 0 Å². The van der Waals surface area contributed by atoms with Crippen LogP contribution in [0.25, 0.3) is 6.08 Å². The van der Waals surface area contributed by atoms with Crippen LogP contribution in [0.4, 0.5) is 14.5 Å². The average Bonchev–Trinajstić information content (AvgIpc) is 2.93. The van der Waals surface area contributed by atoms with Crippen molar-refractivity contribution in [3.05, 3.63) is 82.0 Å². The summed E-state index contributed by atoms with van der Waals surface area (Å²) in [6, 6.07) is 11.1. The van der Waals surface area contributed by atoms with Crippen LogP contribution in [0.15, 0.2) is 69.8 Å². The number of aliphatic hydroxyl groups is 1. The molecule has 0 amide bonds. The predicted octanol–water partition coefficient (Wildman–Crippen LogP) is 4.77. The minimum absolute atomic E-state index is 0.0739. The molecule has 0 radical (unpaired) electrons. The summed E-state index contributed by atoms with van der Waals surface area (Å²) >= 11 is 1.07. The Bertz CT molecular complexity index is 932. The lowest BCUT2D eigenvalue weighted by molar-refractivity contribution is -0.135. The van der Waals surface area contributed by atoms with Crippen molar-refractivity contribution in [1.29, 1.82) is 0 Å². The lowest BCUT2D eigenvalue weighted by Gasteiger charge is -2.01. The number of hydrogen-bond acceptors (Lipinski definition) is 5. The van der Waals surface area contributed by atoms with Gasteiger partial charge in [0.1, 0.15) is 28.0 Å². The number of esters is 1. The highest BCUT2D eigenvalue weighted by Gasteiger charge is 2.32. The number of aliphatic hydroxyl groups excluding tert-OH is 1. The fraction of sp³-hybridized carbons (Fsp3) is 0.0526. The van der Waals surface area contributed by atoms with Crippen LogP contribution in [0.5, 0.6) is 0 Å². The highest BCUT2D eigenvalue weighted by molar-refractivity contribution is 8.18. The van der Waals surface area contributed by atoms with Gasteiger partial charge in [-0.05, 0) is 48.0 Å². The maximum atomic E-state index is 13.0. The molecule has 2 aromatic rings. The summed E-state index contributed by atoms with van der Waals surface area (Å²) in [4.78, 5) is 16.7. The van der Waals surface area contributed by atoms with Gasteiger partial charge in [-0.25, -0.2) is 18.6 Å². The van der Waals surface area contributed by atoms with Gasteiger partial charge in [0.05, 0.1) is 17.7 Å². The number of carbonyl (C=O) groups is 1. The number of hydrogen-bond donors (Lipinski definition) is 1. The van der Waals surface area contributed by atoms with Gasteiger partial charge >= 0.3 is 5.97 Å². The number of nitrogens with zero attached hydrogens (tertiary/aromatic N) is 1. The Labute approximate surface area is 152 Å². The molecular weight excluding hydrogens is 360 g/mol. The lowest BCUT2D eigenvalue weighted by Crippen LogP contribution is -2.10. The first-order valence-electron chi connectivity index (χ1n) is 7.49. The number of thioether (sulfide) groups is 1. The first-order chi connectivity index (χ1) is 12.5. The molecule has 1 heterocycles. The molecular formula is C19H13F2NO3S. The molecule has 26 heavy (non-hydrogen) atoms. The Morgan fingerprint density at radius 3 is 2.23 bits per heavy atom. The van der Waals surface area contributed by atoms with E-state index in [4.69, 9.17) is 4.74 Å². The van der Waals surface area contributed by atoms with Gasteiger partial charge < -0.3 is 9.84 Å². The minimum Gasteiger partial charge on any atom is -0.506 e. The summed E-state index contributed by atoms with van der Waals surface area (Å²) in [7, 11) is 1.20. The van der Waals surface area contributed by atoms with Gasteiger partial charge in [0.15, 0.2) is 0 Å². The topological polar surface area (TPSA) is 58.9 Å². The Kier molecular flexibility index (Phi) is 5.18. The van der Waals surface area contributed by atoms with Crippen LogP contribution < -0.4 is 0 Å². The van der Waals surface area contributed by atoms with Crippen LogP contribution in [0.2, 0.25) is 0 Å². The first-order valence-corrected chi connectivity index (χ1v) is 8.31. The Hall–Kier alpha value is -2.93. The van der Waals surface area contributed by atoms with Gasteiger partial charge in [-0.3, -0.25) is 0 Å². The molecule has 3 rings (SSSR count). The SMILES string of the molecule is COC(=O)C1=C(O)/C(=C/c2ccc(F)cc2)SC1=Nc1ccc(F)cc1. The summed E-state index contributed by atoms with van der Waals surface area (Å²) in [6.45, 7) is 0. The van der Waals surface area contributed by atoms with E-state index < -0.39 is 11.8 Å². The fourth-order valence-electron chi connectivity index (χ4n) is 2.23. The summed E-state index contributed by atoms with van der Waals surface area (Å²) in [6.07, 6.45) is 1.61. The van der Waals surface area contributed by atoms with E-state index in [9.17, 15) is 18.7 Å². The van der Waals surface area contributed by atoms with Crippen LogP contribution in [0, 0.1) is 11.6 Å². The van der Waals surface area contributed by atoms with Gasteiger partial charge in [-0.1, -0.05) is 23.9 Å². The quantitative estimate of drug-likeness (QED) is 0.788. The Balaban J connectivity index is 2.02. The second-order valence-electron chi connectivity index (χ2n) is 5.27. The third-order valence-electron chi connectivity index (χ3n) is 3.51. The number of rotatable bonds is 3. The monoisotopic (exact) mass is 373 g/mol. The largest absolute Gasteiger partial charge is 0.506 e. The predicted molar refractivity (Wildman–Crippen MR) is 97.1 cm³/mol. The van der Waals surface area contributed by atoms with E-state index in [1.807, 2.05) is 0 Å². The maximum absolute atomic E-state index is 13.0. The zero-order valence-electron chi connectivity index (χ0n) is 13.6. The molecule has 0 bridgehead atoms. The average molecular weight is 373 g/mol. The molecule has 0 saturated carbocycles. The van der Waals surface area contributed by atoms with Gasteiger partial charge in [0, 0.05) is 0 Å². The molecule has 4 nitrogen and oxygen atoms in total. The highest BCUT2D eigenvalue weighted by atomic mass is 32.2. The van der Waals surface area contributed by atoms with Crippen molar-refractivity contribution in [2.24, 2.45) is 4.99 Å². The van der Waals surface area contributed by atoms with E-state index in [0.717, 1.165) is 11.8 Å². The highest BCUT2D eigenvalue weighted by Crippen LogP contribution is 2.40. The van der Waals surface area contributed by atoms with Gasteiger partial charge in [-0.15, -0.1) is 0 Å². The Morgan fingerprint density at radius 2 is 1.65 bits per heavy atom. The fourth-order valence-corrected chi connectivity index (χ4v) is 3.27. The molecule has 0 saturated heterocycles. The van der Waals surface area contributed by atoms with Crippen molar-refractivity contribution in [3.8, 4) is 0 Å². The van der Waals surface area contributed by atoms with Crippen molar-refractivity contribution in [3.63, 3.8) is 0 Å². The van der Waals surface area contributed by atoms with E-state index >= 15 is 0 Å². The van der Waals surface area contributed by atoms with E-state index in [1.54, 1.807) is 18.2 Å². The van der Waals surface area contributed by atoms with Gasteiger partial charge in [0.2, 0.25) is 0 Å². The lowest BCUT2D eigenvalue weighted by atomic mass is 10.1. The third kappa shape index (κ3) is 3.83. The first kappa shape index (κ1) is 17.9. The van der Waals surface area contributed by atoms with E-state index in [2.05, 4.69) is 4.99 Å². The van der Waals surface area contributed by atoms with Crippen molar-refractivity contribution < 1.29 is 23.4 Å². The van der Waals surface area contributed by atoms with E-state index in [1.165, 1.54) is 43.5 Å². The number of aliphatic imine (C=N–C) groups is 1.